The summed E-state index contributed by atoms with van der Waals surface area (Å²) in [5.41, 5.74) is 0.337. The van der Waals surface area contributed by atoms with Crippen LogP contribution in [0.2, 0.25) is 5.02 Å². The molecule has 2 rings (SSSR count). The molecule has 1 heterocycles. The summed E-state index contributed by atoms with van der Waals surface area (Å²) in [6.07, 6.45) is 0.961. The molecule has 0 radical (unpaired) electrons. The number of piperidine rings is 1. The topological polar surface area (TPSA) is 46.2 Å². The Morgan fingerprint density at radius 3 is 2.82 bits per heavy atom. The van der Waals surface area contributed by atoms with Crippen molar-refractivity contribution in [2.75, 3.05) is 0 Å². The number of hydrogen-bond acceptors (Lipinski definition) is 2. The van der Waals surface area contributed by atoms with Gasteiger partial charge in [-0.25, -0.2) is 4.39 Å². The summed E-state index contributed by atoms with van der Waals surface area (Å²) < 4.78 is 13.5. The Morgan fingerprint density at radius 2 is 2.18 bits per heavy atom. The van der Waals surface area contributed by atoms with Crippen LogP contribution < -0.4 is 5.32 Å². The van der Waals surface area contributed by atoms with Gasteiger partial charge < -0.3 is 0 Å². The van der Waals surface area contributed by atoms with Crippen molar-refractivity contribution in [2.45, 2.75) is 19.3 Å². The van der Waals surface area contributed by atoms with Gasteiger partial charge in [0.25, 0.3) is 0 Å². The van der Waals surface area contributed by atoms with Crippen LogP contribution in [0.15, 0.2) is 18.2 Å². The third kappa shape index (κ3) is 2.64. The summed E-state index contributed by atoms with van der Waals surface area (Å²) in [5, 5.41) is 2.56. The molecule has 0 spiro atoms. The Labute approximate surface area is 103 Å². The van der Waals surface area contributed by atoms with Crippen LogP contribution in [0.5, 0.6) is 0 Å². The molecule has 90 valence electrons. The molecule has 1 fully saturated rings. The third-order valence-corrected chi connectivity index (χ3v) is 3.22. The Morgan fingerprint density at radius 1 is 1.41 bits per heavy atom. The van der Waals surface area contributed by atoms with Gasteiger partial charge in [0.1, 0.15) is 5.82 Å². The zero-order chi connectivity index (χ0) is 12.4. The molecule has 5 heteroatoms. The molecular weight excluding hydrogens is 245 g/mol. The van der Waals surface area contributed by atoms with E-state index in [4.69, 9.17) is 11.6 Å². The summed E-state index contributed by atoms with van der Waals surface area (Å²) in [6, 6.07) is 4.42. The van der Waals surface area contributed by atoms with Gasteiger partial charge in [0.2, 0.25) is 11.8 Å². The Kier molecular flexibility index (Phi) is 3.43. The van der Waals surface area contributed by atoms with Crippen molar-refractivity contribution < 1.29 is 14.0 Å². The molecule has 2 amide bonds. The monoisotopic (exact) mass is 255 g/mol. The third-order valence-electron chi connectivity index (χ3n) is 2.87. The predicted octanol–water partition coefficient (Wildman–Crippen LogP) is 2.07. The lowest BCUT2D eigenvalue weighted by Crippen LogP contribution is -2.41. The van der Waals surface area contributed by atoms with Gasteiger partial charge in [-0.3, -0.25) is 14.9 Å². The molecule has 1 aliphatic heterocycles. The predicted molar refractivity (Wildman–Crippen MR) is 61.0 cm³/mol. The van der Waals surface area contributed by atoms with Crippen molar-refractivity contribution >= 4 is 23.4 Å². The number of imide groups is 1. The molecule has 1 unspecified atom stereocenters. The van der Waals surface area contributed by atoms with Gasteiger partial charge in [0.05, 0.1) is 0 Å². The zero-order valence-corrected chi connectivity index (χ0v) is 9.76. The standard InChI is InChI=1S/C12H11ClFNO2/c13-9-2-1-3-10(14)8(9)6-7-4-5-11(16)15-12(7)17/h1-3,7H,4-6H2,(H,15,16,17). The Balaban J connectivity index is 2.16. The molecule has 0 saturated carbocycles. The van der Waals surface area contributed by atoms with Gasteiger partial charge in [-0.05, 0) is 25.0 Å². The molecule has 0 aromatic heterocycles. The summed E-state index contributed by atoms with van der Waals surface area (Å²) in [5.74, 6) is -1.42. The van der Waals surface area contributed by atoms with Gasteiger partial charge in [-0.15, -0.1) is 0 Å². The molecule has 1 saturated heterocycles. The van der Waals surface area contributed by atoms with Gasteiger partial charge >= 0.3 is 0 Å². The van der Waals surface area contributed by atoms with Crippen LogP contribution in [0.4, 0.5) is 4.39 Å². The fourth-order valence-corrected chi connectivity index (χ4v) is 2.15. The number of amides is 2. The second kappa shape index (κ2) is 4.84. The maximum absolute atomic E-state index is 13.5. The first-order valence-corrected chi connectivity index (χ1v) is 5.72. The zero-order valence-electron chi connectivity index (χ0n) is 9.00. The van der Waals surface area contributed by atoms with Crippen LogP contribution in [-0.4, -0.2) is 11.8 Å². The molecule has 17 heavy (non-hydrogen) atoms. The first kappa shape index (κ1) is 12.0. The van der Waals surface area contributed by atoms with Crippen molar-refractivity contribution in [2.24, 2.45) is 5.92 Å². The van der Waals surface area contributed by atoms with Crippen molar-refractivity contribution in [3.63, 3.8) is 0 Å². The number of carbonyl (C=O) groups excluding carboxylic acids is 2. The van der Waals surface area contributed by atoms with Gasteiger partial charge in [0.15, 0.2) is 0 Å². The number of rotatable bonds is 2. The van der Waals surface area contributed by atoms with Crippen molar-refractivity contribution in [3.8, 4) is 0 Å². The van der Waals surface area contributed by atoms with E-state index in [0.717, 1.165) is 0 Å². The van der Waals surface area contributed by atoms with Gasteiger partial charge in [-0.1, -0.05) is 17.7 Å². The van der Waals surface area contributed by atoms with E-state index in [2.05, 4.69) is 5.32 Å². The summed E-state index contributed by atoms with van der Waals surface area (Å²) in [7, 11) is 0. The maximum Gasteiger partial charge on any atom is 0.230 e. The van der Waals surface area contributed by atoms with E-state index in [9.17, 15) is 14.0 Å². The number of hydrogen-bond donors (Lipinski definition) is 1. The quantitative estimate of drug-likeness (QED) is 0.823. The molecule has 1 aromatic carbocycles. The van der Waals surface area contributed by atoms with Crippen LogP contribution in [-0.2, 0) is 16.0 Å². The lowest BCUT2D eigenvalue weighted by atomic mass is 9.91. The first-order chi connectivity index (χ1) is 8.08. The van der Waals surface area contributed by atoms with Gasteiger partial charge in [0, 0.05) is 22.9 Å². The van der Waals surface area contributed by atoms with E-state index in [0.29, 0.717) is 23.4 Å². The smallest absolute Gasteiger partial charge is 0.230 e. The van der Waals surface area contributed by atoms with Crippen molar-refractivity contribution in [3.05, 3.63) is 34.6 Å². The van der Waals surface area contributed by atoms with Crippen LogP contribution in [0.1, 0.15) is 18.4 Å². The lowest BCUT2D eigenvalue weighted by molar-refractivity contribution is -0.136. The minimum absolute atomic E-state index is 0.227. The number of carbonyl (C=O) groups is 2. The highest BCUT2D eigenvalue weighted by atomic mass is 35.5. The number of benzene rings is 1. The molecule has 0 aliphatic carbocycles. The highest BCUT2D eigenvalue weighted by Crippen LogP contribution is 2.25. The van der Waals surface area contributed by atoms with Crippen molar-refractivity contribution in [1.82, 2.24) is 5.32 Å². The lowest BCUT2D eigenvalue weighted by Gasteiger charge is -2.21. The second-order valence-corrected chi connectivity index (χ2v) is 4.46. The van der Waals surface area contributed by atoms with E-state index in [1.54, 1.807) is 6.07 Å². The van der Waals surface area contributed by atoms with E-state index >= 15 is 0 Å². The highest BCUT2D eigenvalue weighted by molar-refractivity contribution is 6.31. The van der Waals surface area contributed by atoms with Crippen LogP contribution in [0.3, 0.4) is 0 Å². The van der Waals surface area contributed by atoms with E-state index in [-0.39, 0.29) is 24.2 Å². The molecule has 1 N–H and O–H groups in total. The summed E-state index contributed by atoms with van der Waals surface area (Å²) in [6.45, 7) is 0. The van der Waals surface area contributed by atoms with E-state index in [1.165, 1.54) is 12.1 Å². The average Bonchev–Trinajstić information content (AvgIpc) is 2.26. The largest absolute Gasteiger partial charge is 0.296 e. The van der Waals surface area contributed by atoms with Crippen LogP contribution >= 0.6 is 11.6 Å². The molecular formula is C12H11ClFNO2. The first-order valence-electron chi connectivity index (χ1n) is 5.34. The SMILES string of the molecule is O=C1CCC(Cc2c(F)cccc2Cl)C(=O)N1. The molecule has 1 atom stereocenters. The van der Waals surface area contributed by atoms with Gasteiger partial charge in [-0.2, -0.15) is 0 Å². The van der Waals surface area contributed by atoms with Crippen LogP contribution in [0.25, 0.3) is 0 Å². The second-order valence-electron chi connectivity index (χ2n) is 4.05. The Bertz CT molecular complexity index is 455. The van der Waals surface area contributed by atoms with Crippen molar-refractivity contribution in [1.29, 1.82) is 0 Å². The summed E-state index contributed by atoms with van der Waals surface area (Å²) >= 11 is 5.89. The Hall–Kier alpha value is -1.42. The molecule has 3 nitrogen and oxygen atoms in total. The number of halogens is 2. The fourth-order valence-electron chi connectivity index (χ4n) is 1.91. The van der Waals surface area contributed by atoms with E-state index in [1.807, 2.05) is 0 Å². The minimum Gasteiger partial charge on any atom is -0.296 e. The van der Waals surface area contributed by atoms with E-state index < -0.39 is 5.82 Å². The number of nitrogens with one attached hydrogen (secondary N) is 1. The maximum atomic E-state index is 13.5. The fraction of sp³-hybridized carbons (Fsp3) is 0.333. The minimum atomic E-state index is -0.415. The molecule has 1 aromatic rings. The molecule has 1 aliphatic rings. The summed E-state index contributed by atoms with van der Waals surface area (Å²) in [4.78, 5) is 22.5. The normalized spacial score (nSPS) is 20.2. The van der Waals surface area contributed by atoms with Crippen LogP contribution in [0, 0.1) is 11.7 Å². The highest BCUT2D eigenvalue weighted by Gasteiger charge is 2.27. The molecule has 0 bridgehead atoms. The average molecular weight is 256 g/mol.